The summed E-state index contributed by atoms with van der Waals surface area (Å²) in [5, 5.41) is 7.43. The van der Waals surface area contributed by atoms with Crippen LogP contribution in [-0.2, 0) is 0 Å². The zero-order valence-corrected chi connectivity index (χ0v) is 10.1. The summed E-state index contributed by atoms with van der Waals surface area (Å²) in [5.41, 5.74) is 5.48. The quantitative estimate of drug-likeness (QED) is 0.739. The van der Waals surface area contributed by atoms with Gasteiger partial charge in [-0.05, 0) is 24.6 Å². The Morgan fingerprint density at radius 1 is 0.889 bits per heavy atom. The number of aromatic nitrogens is 3. The van der Waals surface area contributed by atoms with Crippen LogP contribution < -0.4 is 0 Å². The van der Waals surface area contributed by atoms with Gasteiger partial charge in [0.05, 0.1) is 11.4 Å². The van der Waals surface area contributed by atoms with Gasteiger partial charge in [-0.3, -0.25) is 10.1 Å². The van der Waals surface area contributed by atoms with Crippen molar-refractivity contribution in [2.45, 2.75) is 6.92 Å². The van der Waals surface area contributed by atoms with Crippen molar-refractivity contribution in [1.29, 1.82) is 0 Å². The van der Waals surface area contributed by atoms with Crippen molar-refractivity contribution in [3.8, 4) is 22.4 Å². The molecule has 1 N–H and O–H groups in total. The number of aromatic amines is 1. The van der Waals surface area contributed by atoms with Crippen molar-refractivity contribution >= 4 is 0 Å². The highest BCUT2D eigenvalue weighted by Crippen LogP contribution is 2.32. The molecule has 0 saturated heterocycles. The summed E-state index contributed by atoms with van der Waals surface area (Å²) in [4.78, 5) is 4.05. The number of hydrogen-bond donors (Lipinski definition) is 1. The predicted octanol–water partition coefficient (Wildman–Crippen LogP) is 3.45. The highest BCUT2D eigenvalue weighted by molar-refractivity contribution is 5.82. The van der Waals surface area contributed by atoms with Crippen LogP contribution >= 0.6 is 0 Å². The second-order valence-electron chi connectivity index (χ2n) is 4.16. The lowest BCUT2D eigenvalue weighted by Crippen LogP contribution is -1.84. The molecule has 0 aliphatic heterocycles. The van der Waals surface area contributed by atoms with Crippen molar-refractivity contribution in [3.05, 3.63) is 60.6 Å². The number of benzene rings is 1. The minimum atomic E-state index is 1.01. The van der Waals surface area contributed by atoms with Crippen LogP contribution in [0.1, 0.15) is 5.69 Å². The molecule has 2 heterocycles. The third kappa shape index (κ3) is 1.80. The van der Waals surface area contributed by atoms with Gasteiger partial charge in [-0.25, -0.2) is 0 Å². The molecule has 88 valence electrons. The minimum Gasteiger partial charge on any atom is -0.277 e. The first kappa shape index (κ1) is 10.7. The first-order chi connectivity index (χ1) is 8.86. The van der Waals surface area contributed by atoms with Crippen LogP contribution in [0.5, 0.6) is 0 Å². The molecule has 0 amide bonds. The van der Waals surface area contributed by atoms with E-state index in [9.17, 15) is 0 Å². The number of H-pyrrole nitrogens is 1. The van der Waals surface area contributed by atoms with Crippen LogP contribution in [0.15, 0.2) is 54.9 Å². The lowest BCUT2D eigenvalue weighted by molar-refractivity contribution is 1.05. The van der Waals surface area contributed by atoms with E-state index in [1.54, 1.807) is 12.4 Å². The summed E-state index contributed by atoms with van der Waals surface area (Å²) in [6.07, 6.45) is 3.58. The van der Waals surface area contributed by atoms with E-state index in [0.29, 0.717) is 0 Å². The third-order valence-corrected chi connectivity index (χ3v) is 2.98. The zero-order valence-electron chi connectivity index (χ0n) is 10.1. The van der Waals surface area contributed by atoms with Crippen LogP contribution in [0.2, 0.25) is 0 Å². The molecular weight excluding hydrogens is 222 g/mol. The van der Waals surface area contributed by atoms with Gasteiger partial charge < -0.3 is 0 Å². The fourth-order valence-corrected chi connectivity index (χ4v) is 2.12. The smallest absolute Gasteiger partial charge is 0.0732 e. The molecule has 18 heavy (non-hydrogen) atoms. The summed E-state index contributed by atoms with van der Waals surface area (Å²) >= 11 is 0. The monoisotopic (exact) mass is 235 g/mol. The molecule has 2 aromatic heterocycles. The molecule has 0 fully saturated rings. The molecule has 0 aliphatic rings. The highest BCUT2D eigenvalue weighted by atomic mass is 15.1. The molecule has 3 nitrogen and oxygen atoms in total. The molecule has 0 aliphatic carbocycles. The summed E-state index contributed by atoms with van der Waals surface area (Å²) in [5.74, 6) is 0. The van der Waals surface area contributed by atoms with Crippen molar-refractivity contribution in [2.24, 2.45) is 0 Å². The fourth-order valence-electron chi connectivity index (χ4n) is 2.12. The number of hydrogen-bond acceptors (Lipinski definition) is 2. The largest absolute Gasteiger partial charge is 0.277 e. The summed E-state index contributed by atoms with van der Waals surface area (Å²) in [7, 11) is 0. The summed E-state index contributed by atoms with van der Waals surface area (Å²) in [6, 6.07) is 14.3. The van der Waals surface area contributed by atoms with Gasteiger partial charge in [0.2, 0.25) is 0 Å². The number of nitrogens with zero attached hydrogens (tertiary/aromatic N) is 2. The molecule has 3 aromatic rings. The van der Waals surface area contributed by atoms with E-state index in [0.717, 1.165) is 22.5 Å². The molecule has 0 radical (unpaired) electrons. The van der Waals surface area contributed by atoms with Gasteiger partial charge in [0.15, 0.2) is 0 Å². The standard InChI is InChI=1S/C15H13N3/c1-11-14(12-5-3-2-4-6-12)15(18-17-11)13-7-9-16-10-8-13/h2-10H,1H3,(H,17,18). The van der Waals surface area contributed by atoms with Gasteiger partial charge in [0, 0.05) is 23.5 Å². The number of nitrogens with one attached hydrogen (secondary N) is 1. The average Bonchev–Trinajstić information content (AvgIpc) is 2.83. The first-order valence-corrected chi connectivity index (χ1v) is 5.87. The van der Waals surface area contributed by atoms with Crippen molar-refractivity contribution in [1.82, 2.24) is 15.2 Å². The first-order valence-electron chi connectivity index (χ1n) is 5.87. The second kappa shape index (κ2) is 4.45. The molecule has 0 atom stereocenters. The normalized spacial score (nSPS) is 10.5. The maximum Gasteiger partial charge on any atom is 0.0732 e. The number of pyridine rings is 1. The molecule has 0 saturated carbocycles. The van der Waals surface area contributed by atoms with E-state index in [1.165, 1.54) is 5.56 Å². The van der Waals surface area contributed by atoms with Crippen molar-refractivity contribution < 1.29 is 0 Å². The minimum absolute atomic E-state index is 1.01. The fraction of sp³-hybridized carbons (Fsp3) is 0.0667. The molecule has 1 aromatic carbocycles. The Bertz CT molecular complexity index is 642. The lowest BCUT2D eigenvalue weighted by atomic mass is 10.00. The highest BCUT2D eigenvalue weighted by Gasteiger charge is 2.13. The van der Waals surface area contributed by atoms with Crippen LogP contribution in [0.4, 0.5) is 0 Å². The number of rotatable bonds is 2. The van der Waals surface area contributed by atoms with Crippen LogP contribution in [-0.4, -0.2) is 15.2 Å². The maximum absolute atomic E-state index is 4.32. The Morgan fingerprint density at radius 3 is 2.33 bits per heavy atom. The molecule has 0 bridgehead atoms. The van der Waals surface area contributed by atoms with Crippen molar-refractivity contribution in [2.75, 3.05) is 0 Å². The van der Waals surface area contributed by atoms with Crippen LogP contribution in [0.25, 0.3) is 22.4 Å². The average molecular weight is 235 g/mol. The molecule has 3 heteroatoms. The van der Waals surface area contributed by atoms with Crippen LogP contribution in [0.3, 0.4) is 0 Å². The SMILES string of the molecule is Cc1n[nH]c(-c2ccncc2)c1-c1ccccc1. The van der Waals surface area contributed by atoms with E-state index in [2.05, 4.69) is 27.3 Å². The van der Waals surface area contributed by atoms with Gasteiger partial charge in [-0.2, -0.15) is 5.10 Å². The topological polar surface area (TPSA) is 41.6 Å². The van der Waals surface area contributed by atoms with Gasteiger partial charge in [0.25, 0.3) is 0 Å². The molecular formula is C15H13N3. The Kier molecular flexibility index (Phi) is 2.65. The van der Waals surface area contributed by atoms with Gasteiger partial charge in [-0.1, -0.05) is 30.3 Å². The van der Waals surface area contributed by atoms with Crippen molar-refractivity contribution in [3.63, 3.8) is 0 Å². The van der Waals surface area contributed by atoms with E-state index < -0.39 is 0 Å². The molecule has 3 rings (SSSR count). The Hall–Kier alpha value is -2.42. The Labute approximate surface area is 106 Å². The summed E-state index contributed by atoms with van der Waals surface area (Å²) < 4.78 is 0. The van der Waals surface area contributed by atoms with Gasteiger partial charge in [0.1, 0.15) is 0 Å². The molecule has 0 unspecified atom stereocenters. The van der Waals surface area contributed by atoms with E-state index in [-0.39, 0.29) is 0 Å². The molecule has 0 spiro atoms. The number of aryl methyl sites for hydroxylation is 1. The third-order valence-electron chi connectivity index (χ3n) is 2.98. The van der Waals surface area contributed by atoms with E-state index in [4.69, 9.17) is 0 Å². The lowest BCUT2D eigenvalue weighted by Gasteiger charge is -2.04. The Balaban J connectivity index is 2.19. The summed E-state index contributed by atoms with van der Waals surface area (Å²) in [6.45, 7) is 2.02. The zero-order chi connectivity index (χ0) is 12.4. The maximum atomic E-state index is 4.32. The van der Waals surface area contributed by atoms with E-state index in [1.807, 2.05) is 37.3 Å². The predicted molar refractivity (Wildman–Crippen MR) is 72.0 cm³/mol. The van der Waals surface area contributed by atoms with Gasteiger partial charge >= 0.3 is 0 Å². The van der Waals surface area contributed by atoms with Crippen LogP contribution in [0, 0.1) is 6.92 Å². The second-order valence-corrected chi connectivity index (χ2v) is 4.16. The van der Waals surface area contributed by atoms with Gasteiger partial charge in [-0.15, -0.1) is 0 Å². The Morgan fingerprint density at radius 2 is 1.61 bits per heavy atom. The van der Waals surface area contributed by atoms with E-state index >= 15 is 0 Å².